The number of hydrogen-bond donors (Lipinski definition) is 1. The zero-order valence-corrected chi connectivity index (χ0v) is 12.6. The fraction of sp³-hybridized carbons (Fsp3) is 0.500. The highest BCUT2D eigenvalue weighted by atomic mass is 16.5. The second-order valence-corrected chi connectivity index (χ2v) is 5.87. The standard InChI is InChI=1S/C16H21N3O2/c1-16(2)12-19(9-10-21-16)8-7-15(20)18-14-5-3-13(11-17)4-6-14/h3-6H,7-10,12H2,1-2H3,(H,18,20). The summed E-state index contributed by atoms with van der Waals surface area (Å²) >= 11 is 0. The zero-order valence-electron chi connectivity index (χ0n) is 12.6. The van der Waals surface area contributed by atoms with Gasteiger partial charge in [0, 0.05) is 31.7 Å². The molecule has 1 aromatic carbocycles. The normalized spacial score (nSPS) is 18.0. The molecule has 0 aliphatic carbocycles. The molecule has 21 heavy (non-hydrogen) atoms. The summed E-state index contributed by atoms with van der Waals surface area (Å²) < 4.78 is 5.65. The van der Waals surface area contributed by atoms with Crippen molar-refractivity contribution in [3.63, 3.8) is 0 Å². The third-order valence-corrected chi connectivity index (χ3v) is 3.46. The molecule has 5 heteroatoms. The monoisotopic (exact) mass is 287 g/mol. The SMILES string of the molecule is CC1(C)CN(CCC(=O)Nc2ccc(C#N)cc2)CCO1. The van der Waals surface area contributed by atoms with E-state index < -0.39 is 0 Å². The highest BCUT2D eigenvalue weighted by Gasteiger charge is 2.27. The Morgan fingerprint density at radius 2 is 2.14 bits per heavy atom. The third-order valence-electron chi connectivity index (χ3n) is 3.46. The molecule has 2 rings (SSSR count). The predicted octanol–water partition coefficient (Wildman–Crippen LogP) is 2.00. The Bertz CT molecular complexity index is 531. The Morgan fingerprint density at radius 3 is 2.76 bits per heavy atom. The van der Waals surface area contributed by atoms with Crippen LogP contribution in [0.4, 0.5) is 5.69 Å². The molecule has 1 aliphatic rings. The van der Waals surface area contributed by atoms with Gasteiger partial charge in [-0.3, -0.25) is 9.69 Å². The van der Waals surface area contributed by atoms with Crippen LogP contribution in [0.5, 0.6) is 0 Å². The predicted molar refractivity (Wildman–Crippen MR) is 80.9 cm³/mol. The molecule has 1 aromatic rings. The fourth-order valence-electron chi connectivity index (χ4n) is 2.42. The molecule has 1 aliphatic heterocycles. The van der Waals surface area contributed by atoms with Crippen LogP contribution in [0, 0.1) is 11.3 Å². The molecule has 0 aromatic heterocycles. The number of carbonyl (C=O) groups excluding carboxylic acids is 1. The van der Waals surface area contributed by atoms with Gasteiger partial charge in [-0.2, -0.15) is 5.26 Å². The van der Waals surface area contributed by atoms with Gasteiger partial charge in [-0.05, 0) is 38.1 Å². The number of morpholine rings is 1. The summed E-state index contributed by atoms with van der Waals surface area (Å²) in [7, 11) is 0. The van der Waals surface area contributed by atoms with Crippen LogP contribution in [0.25, 0.3) is 0 Å². The number of nitrogens with one attached hydrogen (secondary N) is 1. The maximum Gasteiger partial charge on any atom is 0.225 e. The summed E-state index contributed by atoms with van der Waals surface area (Å²) in [6, 6.07) is 8.93. The molecule has 0 saturated carbocycles. The molecular weight excluding hydrogens is 266 g/mol. The Hall–Kier alpha value is -1.90. The molecule has 112 valence electrons. The minimum atomic E-state index is -0.137. The smallest absolute Gasteiger partial charge is 0.225 e. The van der Waals surface area contributed by atoms with Crippen molar-refractivity contribution in [3.8, 4) is 6.07 Å². The zero-order chi connectivity index (χ0) is 15.3. The van der Waals surface area contributed by atoms with E-state index in [2.05, 4.69) is 30.1 Å². The Labute approximate surface area is 125 Å². The van der Waals surface area contributed by atoms with Crippen molar-refractivity contribution in [1.82, 2.24) is 4.90 Å². The Kier molecular flexibility index (Phi) is 4.94. The summed E-state index contributed by atoms with van der Waals surface area (Å²) in [6.07, 6.45) is 0.454. The summed E-state index contributed by atoms with van der Waals surface area (Å²) in [5.41, 5.74) is 1.17. The lowest BCUT2D eigenvalue weighted by Gasteiger charge is -2.38. The van der Waals surface area contributed by atoms with Gasteiger partial charge in [0.05, 0.1) is 23.8 Å². The van der Waals surface area contributed by atoms with Crippen molar-refractivity contribution < 1.29 is 9.53 Å². The minimum absolute atomic E-state index is 0.0102. The van der Waals surface area contributed by atoms with Crippen LogP contribution in [-0.2, 0) is 9.53 Å². The largest absolute Gasteiger partial charge is 0.373 e. The van der Waals surface area contributed by atoms with Gasteiger partial charge in [0.2, 0.25) is 5.91 Å². The van der Waals surface area contributed by atoms with Crippen LogP contribution in [0.3, 0.4) is 0 Å². The molecule has 1 saturated heterocycles. The maximum absolute atomic E-state index is 11.9. The lowest BCUT2D eigenvalue weighted by Crippen LogP contribution is -2.48. The van der Waals surface area contributed by atoms with Crippen LogP contribution >= 0.6 is 0 Å². The van der Waals surface area contributed by atoms with Crippen molar-refractivity contribution >= 4 is 11.6 Å². The van der Waals surface area contributed by atoms with Gasteiger partial charge in [-0.1, -0.05) is 0 Å². The van der Waals surface area contributed by atoms with Crippen molar-refractivity contribution in [1.29, 1.82) is 5.26 Å². The second kappa shape index (κ2) is 6.70. The highest BCUT2D eigenvalue weighted by molar-refractivity contribution is 5.90. The van der Waals surface area contributed by atoms with Crippen LogP contribution in [0.1, 0.15) is 25.8 Å². The Balaban J connectivity index is 1.78. The molecule has 0 spiro atoms. The lowest BCUT2D eigenvalue weighted by atomic mass is 10.1. The van der Waals surface area contributed by atoms with Crippen LogP contribution in [0.15, 0.2) is 24.3 Å². The van der Waals surface area contributed by atoms with Gasteiger partial charge in [0.15, 0.2) is 0 Å². The molecule has 1 heterocycles. The van der Waals surface area contributed by atoms with E-state index in [1.54, 1.807) is 24.3 Å². The lowest BCUT2D eigenvalue weighted by molar-refractivity contribution is -0.118. The van der Waals surface area contributed by atoms with E-state index in [-0.39, 0.29) is 11.5 Å². The van der Waals surface area contributed by atoms with Gasteiger partial charge >= 0.3 is 0 Å². The second-order valence-electron chi connectivity index (χ2n) is 5.87. The summed E-state index contributed by atoms with van der Waals surface area (Å²) in [4.78, 5) is 14.2. The van der Waals surface area contributed by atoms with Gasteiger partial charge in [0.1, 0.15) is 0 Å². The highest BCUT2D eigenvalue weighted by Crippen LogP contribution is 2.16. The number of nitrogens with zero attached hydrogens (tertiary/aromatic N) is 2. The molecule has 1 fully saturated rings. The molecule has 0 unspecified atom stereocenters. The summed E-state index contributed by atoms with van der Waals surface area (Å²) in [5.74, 6) is -0.0102. The first-order chi connectivity index (χ1) is 9.98. The van der Waals surface area contributed by atoms with Crippen LogP contribution in [-0.4, -0.2) is 42.6 Å². The number of benzene rings is 1. The summed E-state index contributed by atoms with van der Waals surface area (Å²) in [5, 5.41) is 11.6. The van der Waals surface area contributed by atoms with Crippen LogP contribution < -0.4 is 5.32 Å². The van der Waals surface area contributed by atoms with Crippen LogP contribution in [0.2, 0.25) is 0 Å². The van der Waals surface area contributed by atoms with E-state index in [9.17, 15) is 4.79 Å². The van der Waals surface area contributed by atoms with Gasteiger partial charge in [-0.25, -0.2) is 0 Å². The van der Waals surface area contributed by atoms with Crippen molar-refractivity contribution in [2.75, 3.05) is 31.6 Å². The van der Waals surface area contributed by atoms with Gasteiger partial charge < -0.3 is 10.1 Å². The topological polar surface area (TPSA) is 65.4 Å². The first kappa shape index (κ1) is 15.5. The molecule has 5 nitrogen and oxygen atoms in total. The van der Waals surface area contributed by atoms with Gasteiger partial charge in [0.25, 0.3) is 0 Å². The average molecular weight is 287 g/mol. The maximum atomic E-state index is 11.9. The van der Waals surface area contributed by atoms with E-state index >= 15 is 0 Å². The minimum Gasteiger partial charge on any atom is -0.373 e. The van der Waals surface area contributed by atoms with E-state index in [1.807, 2.05) is 0 Å². The van der Waals surface area contributed by atoms with E-state index in [0.717, 1.165) is 25.3 Å². The molecule has 1 N–H and O–H groups in total. The van der Waals surface area contributed by atoms with E-state index in [1.165, 1.54) is 0 Å². The number of nitriles is 1. The van der Waals surface area contributed by atoms with Crippen molar-refractivity contribution in [3.05, 3.63) is 29.8 Å². The number of rotatable bonds is 4. The molecule has 0 radical (unpaired) electrons. The number of amides is 1. The number of ether oxygens (including phenoxy) is 1. The van der Waals surface area contributed by atoms with Gasteiger partial charge in [-0.15, -0.1) is 0 Å². The fourth-order valence-corrected chi connectivity index (χ4v) is 2.42. The molecular formula is C16H21N3O2. The first-order valence-electron chi connectivity index (χ1n) is 7.15. The first-order valence-corrected chi connectivity index (χ1v) is 7.15. The van der Waals surface area contributed by atoms with E-state index in [4.69, 9.17) is 10.00 Å². The third kappa shape index (κ3) is 4.85. The average Bonchev–Trinajstić information content (AvgIpc) is 2.45. The molecule has 0 atom stereocenters. The quantitative estimate of drug-likeness (QED) is 0.920. The Morgan fingerprint density at radius 1 is 1.43 bits per heavy atom. The number of hydrogen-bond acceptors (Lipinski definition) is 4. The number of carbonyl (C=O) groups is 1. The number of anilines is 1. The van der Waals surface area contributed by atoms with E-state index in [0.29, 0.717) is 18.6 Å². The summed E-state index contributed by atoms with van der Waals surface area (Å²) in [6.45, 7) is 7.29. The molecule has 1 amide bonds. The molecule has 0 bridgehead atoms. The van der Waals surface area contributed by atoms with Crippen molar-refractivity contribution in [2.24, 2.45) is 0 Å². The van der Waals surface area contributed by atoms with Crippen molar-refractivity contribution in [2.45, 2.75) is 25.9 Å².